The number of carbonyl (C=O) groups excluding carboxylic acids is 1. The Morgan fingerprint density at radius 3 is 2.81 bits per heavy atom. The summed E-state index contributed by atoms with van der Waals surface area (Å²) >= 11 is 0. The van der Waals surface area contributed by atoms with Gasteiger partial charge in [-0.3, -0.25) is 4.79 Å². The van der Waals surface area contributed by atoms with Crippen molar-refractivity contribution in [1.29, 1.82) is 0 Å². The third-order valence-electron chi connectivity index (χ3n) is 2.73. The van der Waals surface area contributed by atoms with Gasteiger partial charge < -0.3 is 0 Å². The van der Waals surface area contributed by atoms with Crippen molar-refractivity contribution < 1.29 is 17.6 Å². The molecule has 1 heterocycles. The average molecular weight is 242 g/mol. The predicted octanol–water partition coefficient (Wildman–Crippen LogP) is 1.50. The van der Waals surface area contributed by atoms with Gasteiger partial charge in [-0.25, -0.2) is 12.8 Å². The zero-order valence-corrected chi connectivity index (χ0v) is 9.55. The highest BCUT2D eigenvalue weighted by molar-refractivity contribution is 7.92. The highest BCUT2D eigenvalue weighted by atomic mass is 32.2. The average Bonchev–Trinajstić information content (AvgIpc) is 2.37. The summed E-state index contributed by atoms with van der Waals surface area (Å²) in [5.41, 5.74) is 0.478. The highest BCUT2D eigenvalue weighted by Crippen LogP contribution is 2.33. The van der Waals surface area contributed by atoms with Crippen LogP contribution in [-0.4, -0.2) is 19.5 Å². The smallest absolute Gasteiger partial charge is 0.182 e. The van der Waals surface area contributed by atoms with Crippen molar-refractivity contribution in [2.75, 3.05) is 0 Å². The second-order valence-corrected chi connectivity index (χ2v) is 6.23. The lowest BCUT2D eigenvalue weighted by molar-refractivity contribution is -0.117. The molecule has 0 amide bonds. The fourth-order valence-corrected chi connectivity index (χ4v) is 4.00. The van der Waals surface area contributed by atoms with Gasteiger partial charge in [-0.1, -0.05) is 0 Å². The number of sulfone groups is 1. The lowest BCUT2D eigenvalue weighted by atomic mass is 10.1. The monoisotopic (exact) mass is 242 g/mol. The van der Waals surface area contributed by atoms with Gasteiger partial charge in [-0.2, -0.15) is 0 Å². The third-order valence-corrected chi connectivity index (χ3v) is 4.95. The number of fused-ring (bicyclic) bond motifs is 1. The molecule has 3 nitrogen and oxygen atoms in total. The molecule has 0 aromatic heterocycles. The standard InChI is InChI=1S/C11H11FO3S/c1-7(13)4-10-6-8-5-9(12)2-3-11(8)16(10,14)15/h2-3,5,10H,4,6H2,1H3. The van der Waals surface area contributed by atoms with Gasteiger partial charge in [0.05, 0.1) is 10.1 Å². The first-order valence-electron chi connectivity index (χ1n) is 4.93. The van der Waals surface area contributed by atoms with E-state index in [2.05, 4.69) is 0 Å². The van der Waals surface area contributed by atoms with Crippen LogP contribution in [0.5, 0.6) is 0 Å². The van der Waals surface area contributed by atoms with Crippen molar-refractivity contribution >= 4 is 15.6 Å². The van der Waals surface area contributed by atoms with Crippen LogP contribution in [0.2, 0.25) is 0 Å². The lowest BCUT2D eigenvalue weighted by Crippen LogP contribution is -2.19. The summed E-state index contributed by atoms with van der Waals surface area (Å²) < 4.78 is 36.9. The Bertz CT molecular complexity index is 548. The molecule has 0 spiro atoms. The van der Waals surface area contributed by atoms with Crippen molar-refractivity contribution in [2.24, 2.45) is 0 Å². The van der Waals surface area contributed by atoms with Gasteiger partial charge in [0.25, 0.3) is 0 Å². The second-order valence-electron chi connectivity index (χ2n) is 4.03. The quantitative estimate of drug-likeness (QED) is 0.738. The minimum Gasteiger partial charge on any atom is -0.300 e. The van der Waals surface area contributed by atoms with Crippen LogP contribution in [0.15, 0.2) is 23.1 Å². The van der Waals surface area contributed by atoms with E-state index in [0.717, 1.165) is 6.07 Å². The van der Waals surface area contributed by atoms with Crippen LogP contribution in [-0.2, 0) is 21.1 Å². The van der Waals surface area contributed by atoms with E-state index in [1.54, 1.807) is 0 Å². The topological polar surface area (TPSA) is 51.2 Å². The molecule has 1 aliphatic heterocycles. The first-order chi connectivity index (χ1) is 7.41. The summed E-state index contributed by atoms with van der Waals surface area (Å²) in [6.07, 6.45) is 0.230. The molecule has 1 atom stereocenters. The van der Waals surface area contributed by atoms with E-state index in [0.29, 0.717) is 5.56 Å². The fourth-order valence-electron chi connectivity index (χ4n) is 2.02. The number of benzene rings is 1. The molecular formula is C11H11FO3S. The molecule has 0 radical (unpaired) electrons. The molecule has 86 valence electrons. The first kappa shape index (κ1) is 11.3. The van der Waals surface area contributed by atoms with Gasteiger partial charge in [0.1, 0.15) is 11.6 Å². The molecule has 5 heteroatoms. The zero-order valence-electron chi connectivity index (χ0n) is 8.73. The first-order valence-corrected chi connectivity index (χ1v) is 6.47. The summed E-state index contributed by atoms with van der Waals surface area (Å²) in [5, 5.41) is -0.721. The molecule has 16 heavy (non-hydrogen) atoms. The number of carbonyl (C=O) groups is 1. The Morgan fingerprint density at radius 1 is 1.50 bits per heavy atom. The molecule has 0 aliphatic carbocycles. The van der Waals surface area contributed by atoms with E-state index in [-0.39, 0.29) is 23.5 Å². The van der Waals surface area contributed by atoms with Crippen LogP contribution in [0.1, 0.15) is 18.9 Å². The Balaban J connectivity index is 2.45. The molecule has 0 saturated carbocycles. The van der Waals surface area contributed by atoms with E-state index >= 15 is 0 Å². The second kappa shape index (κ2) is 3.66. The summed E-state index contributed by atoms with van der Waals surface area (Å²) in [7, 11) is -3.45. The number of hydrogen-bond donors (Lipinski definition) is 0. The summed E-state index contributed by atoms with van der Waals surface area (Å²) in [5.74, 6) is -0.612. The van der Waals surface area contributed by atoms with E-state index in [4.69, 9.17) is 0 Å². The SMILES string of the molecule is CC(=O)CC1Cc2cc(F)ccc2S1(=O)=O. The molecule has 0 fully saturated rings. The Morgan fingerprint density at radius 2 is 2.19 bits per heavy atom. The van der Waals surface area contributed by atoms with Crippen molar-refractivity contribution in [3.8, 4) is 0 Å². The van der Waals surface area contributed by atoms with Gasteiger partial charge in [0.15, 0.2) is 9.84 Å². The van der Waals surface area contributed by atoms with Gasteiger partial charge in [-0.05, 0) is 37.1 Å². The number of rotatable bonds is 2. The fraction of sp³-hybridized carbons (Fsp3) is 0.364. The van der Waals surface area contributed by atoms with E-state index < -0.39 is 20.9 Å². The van der Waals surface area contributed by atoms with Crippen LogP contribution in [0.3, 0.4) is 0 Å². The van der Waals surface area contributed by atoms with E-state index in [9.17, 15) is 17.6 Å². The van der Waals surface area contributed by atoms with E-state index in [1.165, 1.54) is 19.1 Å². The number of hydrogen-bond acceptors (Lipinski definition) is 3. The summed E-state index contributed by atoms with van der Waals surface area (Å²) in [6, 6.07) is 3.64. The Kier molecular flexibility index (Phi) is 2.58. The Labute approximate surface area is 93.2 Å². The summed E-state index contributed by atoms with van der Waals surface area (Å²) in [6.45, 7) is 1.36. The Hall–Kier alpha value is -1.23. The zero-order chi connectivity index (χ0) is 11.9. The molecular weight excluding hydrogens is 231 g/mol. The molecule has 1 unspecified atom stereocenters. The minimum absolute atomic E-state index is 0.00136. The largest absolute Gasteiger partial charge is 0.300 e. The molecule has 1 aromatic rings. The maximum Gasteiger partial charge on any atom is 0.182 e. The van der Waals surface area contributed by atoms with Crippen molar-refractivity contribution in [3.63, 3.8) is 0 Å². The molecule has 0 N–H and O–H groups in total. The van der Waals surface area contributed by atoms with E-state index in [1.807, 2.05) is 0 Å². The minimum atomic E-state index is -3.45. The van der Waals surface area contributed by atoms with Gasteiger partial charge >= 0.3 is 0 Å². The van der Waals surface area contributed by atoms with Crippen LogP contribution in [0.25, 0.3) is 0 Å². The number of Topliss-reactive ketones (excluding diaryl/α,β-unsaturated/α-hetero) is 1. The van der Waals surface area contributed by atoms with Crippen molar-refractivity contribution in [2.45, 2.75) is 29.9 Å². The normalized spacial score (nSPS) is 21.8. The lowest BCUT2D eigenvalue weighted by Gasteiger charge is -2.05. The predicted molar refractivity (Wildman–Crippen MR) is 56.4 cm³/mol. The van der Waals surface area contributed by atoms with Gasteiger partial charge in [0, 0.05) is 6.42 Å². The summed E-state index contributed by atoms with van der Waals surface area (Å²) in [4.78, 5) is 11.1. The van der Waals surface area contributed by atoms with Crippen molar-refractivity contribution in [1.82, 2.24) is 0 Å². The van der Waals surface area contributed by atoms with Crippen LogP contribution >= 0.6 is 0 Å². The van der Waals surface area contributed by atoms with Gasteiger partial charge in [0.2, 0.25) is 0 Å². The van der Waals surface area contributed by atoms with Crippen LogP contribution in [0, 0.1) is 5.82 Å². The maximum absolute atomic E-state index is 12.9. The molecule has 0 saturated heterocycles. The number of halogens is 1. The maximum atomic E-state index is 12.9. The molecule has 1 aliphatic rings. The third kappa shape index (κ3) is 1.75. The van der Waals surface area contributed by atoms with Crippen LogP contribution < -0.4 is 0 Å². The molecule has 0 bridgehead atoms. The van der Waals surface area contributed by atoms with Gasteiger partial charge in [-0.15, -0.1) is 0 Å². The van der Waals surface area contributed by atoms with Crippen LogP contribution in [0.4, 0.5) is 4.39 Å². The number of ketones is 1. The van der Waals surface area contributed by atoms with Crippen molar-refractivity contribution in [3.05, 3.63) is 29.6 Å². The molecule has 1 aromatic carbocycles. The molecule has 2 rings (SSSR count). The highest BCUT2D eigenvalue weighted by Gasteiger charge is 2.37.